The molecule has 2 N–H and O–H groups in total. The number of sulfone groups is 1. The summed E-state index contributed by atoms with van der Waals surface area (Å²) in [5.74, 6) is -1.97. The van der Waals surface area contributed by atoms with Gasteiger partial charge in [-0.25, -0.2) is 8.42 Å². The normalized spacial score (nSPS) is 25.6. The van der Waals surface area contributed by atoms with Gasteiger partial charge in [0.15, 0.2) is 9.84 Å². The number of thiophene rings is 1. The van der Waals surface area contributed by atoms with E-state index in [2.05, 4.69) is 5.32 Å². The monoisotopic (exact) mass is 345 g/mol. The van der Waals surface area contributed by atoms with E-state index in [1.54, 1.807) is 6.92 Å². The van der Waals surface area contributed by atoms with Crippen LogP contribution >= 0.6 is 11.3 Å². The van der Waals surface area contributed by atoms with E-state index in [1.165, 1.54) is 11.4 Å². The van der Waals surface area contributed by atoms with Crippen LogP contribution in [-0.2, 0) is 14.6 Å². The van der Waals surface area contributed by atoms with Gasteiger partial charge in [0, 0.05) is 11.6 Å². The Kier molecular flexibility index (Phi) is 4.62. The molecule has 0 saturated heterocycles. The van der Waals surface area contributed by atoms with Crippen molar-refractivity contribution in [3.63, 3.8) is 0 Å². The molecule has 0 spiro atoms. The van der Waals surface area contributed by atoms with Gasteiger partial charge in [-0.15, -0.1) is 11.3 Å². The molecule has 1 aromatic rings. The van der Waals surface area contributed by atoms with Crippen LogP contribution in [0.3, 0.4) is 0 Å². The number of carbonyl (C=O) groups excluding carboxylic acids is 1. The third-order valence-corrected chi connectivity index (χ3v) is 6.88. The summed E-state index contributed by atoms with van der Waals surface area (Å²) >= 11 is 0.988. The highest BCUT2D eigenvalue weighted by Gasteiger charge is 2.42. The quantitative estimate of drug-likeness (QED) is 0.868. The molecule has 1 aliphatic carbocycles. The maximum atomic E-state index is 12.3. The fraction of sp³-hybridized carbons (Fsp3) is 0.571. The Labute approximate surface area is 133 Å². The second-order valence-electron chi connectivity index (χ2n) is 5.93. The van der Waals surface area contributed by atoms with E-state index >= 15 is 0 Å². The number of carbonyl (C=O) groups is 2. The van der Waals surface area contributed by atoms with Gasteiger partial charge in [-0.1, -0.05) is 12.8 Å². The van der Waals surface area contributed by atoms with E-state index in [1.807, 2.05) is 0 Å². The molecular formula is C14H19NO5S2. The first-order valence-electron chi connectivity index (χ1n) is 6.97. The molecule has 0 aromatic carbocycles. The van der Waals surface area contributed by atoms with Gasteiger partial charge in [0.25, 0.3) is 5.91 Å². The Bertz CT molecular complexity index is 694. The minimum Gasteiger partial charge on any atom is -0.481 e. The highest BCUT2D eigenvalue weighted by atomic mass is 32.2. The fourth-order valence-electron chi connectivity index (χ4n) is 2.84. The van der Waals surface area contributed by atoms with Gasteiger partial charge in [-0.2, -0.15) is 0 Å². The van der Waals surface area contributed by atoms with Crippen molar-refractivity contribution in [3.8, 4) is 0 Å². The largest absolute Gasteiger partial charge is 0.481 e. The van der Waals surface area contributed by atoms with Crippen LogP contribution in [0.4, 0.5) is 0 Å². The first-order chi connectivity index (χ1) is 10.1. The molecule has 0 radical (unpaired) electrons. The van der Waals surface area contributed by atoms with Crippen molar-refractivity contribution in [2.75, 3.05) is 6.26 Å². The summed E-state index contributed by atoms with van der Waals surface area (Å²) < 4.78 is 23.1. The molecule has 2 atom stereocenters. The molecule has 0 unspecified atom stereocenters. The van der Waals surface area contributed by atoms with Gasteiger partial charge in [-0.3, -0.25) is 9.59 Å². The van der Waals surface area contributed by atoms with Crippen LogP contribution in [-0.4, -0.2) is 37.2 Å². The molecule has 1 saturated carbocycles. The molecule has 6 nitrogen and oxygen atoms in total. The van der Waals surface area contributed by atoms with Gasteiger partial charge in [-0.05, 0) is 25.8 Å². The summed E-state index contributed by atoms with van der Waals surface area (Å²) in [5.41, 5.74) is -0.560. The number of aliphatic carboxylic acids is 1. The minimum absolute atomic E-state index is 0.126. The Morgan fingerprint density at radius 1 is 1.41 bits per heavy atom. The molecule has 1 heterocycles. The Balaban J connectivity index is 2.20. The zero-order valence-corrected chi connectivity index (χ0v) is 14.1. The Hall–Kier alpha value is -1.41. The van der Waals surface area contributed by atoms with Gasteiger partial charge in [0.1, 0.15) is 4.21 Å². The molecule has 0 aliphatic heterocycles. The van der Waals surface area contributed by atoms with Gasteiger partial charge >= 0.3 is 5.97 Å². The average molecular weight is 345 g/mol. The lowest BCUT2D eigenvalue weighted by molar-refractivity contribution is -0.145. The summed E-state index contributed by atoms with van der Waals surface area (Å²) in [4.78, 5) is 23.7. The predicted octanol–water partition coefficient (Wildman–Crippen LogP) is 1.91. The molecule has 22 heavy (non-hydrogen) atoms. The lowest BCUT2D eigenvalue weighted by atomic mass is 9.74. The van der Waals surface area contributed by atoms with E-state index in [9.17, 15) is 23.1 Å². The molecule has 122 valence electrons. The first kappa shape index (κ1) is 17.0. The van der Waals surface area contributed by atoms with Crippen LogP contribution in [0.15, 0.2) is 15.7 Å². The lowest BCUT2D eigenvalue weighted by Gasteiger charge is -2.39. The molecular weight excluding hydrogens is 326 g/mol. The number of rotatable bonds is 4. The van der Waals surface area contributed by atoms with Crippen molar-refractivity contribution in [1.82, 2.24) is 5.32 Å². The second-order valence-corrected chi connectivity index (χ2v) is 9.09. The van der Waals surface area contributed by atoms with E-state index in [4.69, 9.17) is 0 Å². The van der Waals surface area contributed by atoms with Crippen LogP contribution in [0.2, 0.25) is 0 Å². The van der Waals surface area contributed by atoms with Crippen molar-refractivity contribution in [2.45, 2.75) is 42.4 Å². The Morgan fingerprint density at radius 3 is 2.64 bits per heavy atom. The topological polar surface area (TPSA) is 101 Å². The molecule has 2 rings (SSSR count). The van der Waals surface area contributed by atoms with Gasteiger partial charge in [0.2, 0.25) is 0 Å². The Morgan fingerprint density at radius 2 is 2.09 bits per heavy atom. The van der Waals surface area contributed by atoms with E-state index in [0.717, 1.165) is 30.4 Å². The first-order valence-corrected chi connectivity index (χ1v) is 9.74. The van der Waals surface area contributed by atoms with E-state index in [0.29, 0.717) is 12.8 Å². The summed E-state index contributed by atoms with van der Waals surface area (Å²) in [5, 5.41) is 13.6. The molecule has 1 aliphatic rings. The van der Waals surface area contributed by atoms with Crippen molar-refractivity contribution in [2.24, 2.45) is 5.92 Å². The smallest absolute Gasteiger partial charge is 0.308 e. The van der Waals surface area contributed by atoms with Crippen molar-refractivity contribution >= 4 is 33.1 Å². The zero-order chi connectivity index (χ0) is 16.5. The summed E-state index contributed by atoms with van der Waals surface area (Å²) in [6.07, 6.45) is 3.91. The second kappa shape index (κ2) is 6.00. The van der Waals surface area contributed by atoms with Gasteiger partial charge < -0.3 is 10.4 Å². The number of hydrogen-bond acceptors (Lipinski definition) is 5. The lowest BCUT2D eigenvalue weighted by Crippen LogP contribution is -2.55. The number of nitrogens with one attached hydrogen (secondary N) is 1. The average Bonchev–Trinajstić information content (AvgIpc) is 2.87. The molecule has 1 amide bonds. The van der Waals surface area contributed by atoms with Crippen LogP contribution in [0.1, 0.15) is 43.0 Å². The molecule has 0 bridgehead atoms. The number of carboxylic acid groups (broad SMARTS) is 1. The highest BCUT2D eigenvalue weighted by Crippen LogP contribution is 2.34. The molecule has 1 aromatic heterocycles. The maximum absolute atomic E-state index is 12.3. The number of hydrogen-bond donors (Lipinski definition) is 2. The summed E-state index contributed by atoms with van der Waals surface area (Å²) in [6, 6.07) is 1.33. The standard InChI is InChI=1S/C14H19NO5S2/c1-14(6-4-3-5-10(14)13(17)18)15-12(16)9-7-11(21-8-9)22(2,19)20/h7-8,10H,3-6H2,1-2H3,(H,15,16)(H,17,18)/t10-,14+/m1/s1. The van der Waals surface area contributed by atoms with Crippen LogP contribution < -0.4 is 5.32 Å². The fourth-order valence-corrected chi connectivity index (χ4v) is 4.64. The third kappa shape index (κ3) is 3.49. The van der Waals surface area contributed by atoms with Crippen LogP contribution in [0.5, 0.6) is 0 Å². The SMILES string of the molecule is C[C@]1(NC(=O)c2csc(S(C)(=O)=O)c2)CCCC[C@@H]1C(=O)O. The summed E-state index contributed by atoms with van der Waals surface area (Å²) in [6.45, 7) is 1.74. The third-order valence-electron chi connectivity index (χ3n) is 4.11. The predicted molar refractivity (Wildman–Crippen MR) is 82.9 cm³/mol. The molecule has 8 heteroatoms. The van der Waals surface area contributed by atoms with Crippen LogP contribution in [0, 0.1) is 5.92 Å². The van der Waals surface area contributed by atoms with Gasteiger partial charge in [0.05, 0.1) is 17.0 Å². The van der Waals surface area contributed by atoms with Crippen molar-refractivity contribution in [1.29, 1.82) is 0 Å². The molecule has 1 fully saturated rings. The maximum Gasteiger partial charge on any atom is 0.308 e. The van der Waals surface area contributed by atoms with E-state index in [-0.39, 0.29) is 9.77 Å². The van der Waals surface area contributed by atoms with Crippen molar-refractivity contribution < 1.29 is 23.1 Å². The summed E-state index contributed by atoms with van der Waals surface area (Å²) in [7, 11) is -3.34. The zero-order valence-electron chi connectivity index (χ0n) is 12.5. The van der Waals surface area contributed by atoms with Crippen LogP contribution in [0.25, 0.3) is 0 Å². The number of amides is 1. The minimum atomic E-state index is -3.34. The van der Waals surface area contributed by atoms with E-state index < -0.39 is 33.2 Å². The van der Waals surface area contributed by atoms with Crippen molar-refractivity contribution in [3.05, 3.63) is 17.0 Å². The number of carboxylic acids is 1. The highest BCUT2D eigenvalue weighted by molar-refractivity contribution is 7.92.